The molecule has 2 amide bonds. The van der Waals surface area contributed by atoms with Crippen molar-refractivity contribution in [1.29, 1.82) is 0 Å². The van der Waals surface area contributed by atoms with Gasteiger partial charge in [-0.25, -0.2) is 0 Å². The van der Waals surface area contributed by atoms with Gasteiger partial charge in [0.1, 0.15) is 11.5 Å². The molecular formula is C22H22N2O4. The quantitative estimate of drug-likeness (QED) is 0.644. The average Bonchev–Trinajstić information content (AvgIpc) is 3.20. The van der Waals surface area contributed by atoms with Gasteiger partial charge < -0.3 is 19.8 Å². The van der Waals surface area contributed by atoms with Crippen LogP contribution in [-0.2, 0) is 6.54 Å². The first kappa shape index (κ1) is 19.2. The number of ether oxygens (including phenoxy) is 1. The van der Waals surface area contributed by atoms with E-state index in [2.05, 4.69) is 10.6 Å². The number of anilines is 1. The van der Waals surface area contributed by atoms with Gasteiger partial charge in [-0.05, 0) is 56.3 Å². The van der Waals surface area contributed by atoms with Gasteiger partial charge >= 0.3 is 0 Å². The number of hydrogen-bond donors (Lipinski definition) is 2. The number of hydrogen-bond acceptors (Lipinski definition) is 4. The molecule has 0 fully saturated rings. The predicted octanol–water partition coefficient (Wildman–Crippen LogP) is 4.25. The number of nitrogens with one attached hydrogen (secondary N) is 2. The maximum Gasteiger partial charge on any atom is 0.255 e. The van der Waals surface area contributed by atoms with Crippen LogP contribution in [0.4, 0.5) is 5.69 Å². The molecule has 2 aromatic carbocycles. The molecule has 3 aromatic rings. The molecule has 2 N–H and O–H groups in total. The van der Waals surface area contributed by atoms with Crippen LogP contribution in [0.5, 0.6) is 5.75 Å². The molecule has 0 radical (unpaired) electrons. The number of benzene rings is 2. The minimum Gasteiger partial charge on any atom is -0.491 e. The normalized spacial score (nSPS) is 10.5. The van der Waals surface area contributed by atoms with Crippen molar-refractivity contribution in [3.63, 3.8) is 0 Å². The third kappa shape index (κ3) is 5.01. The molecule has 0 bridgehead atoms. The van der Waals surface area contributed by atoms with Gasteiger partial charge in [-0.1, -0.05) is 18.2 Å². The van der Waals surface area contributed by atoms with Gasteiger partial charge in [0.15, 0.2) is 0 Å². The molecule has 0 aliphatic heterocycles. The summed E-state index contributed by atoms with van der Waals surface area (Å²) in [6, 6.07) is 17.3. The van der Waals surface area contributed by atoms with Crippen molar-refractivity contribution in [2.24, 2.45) is 0 Å². The van der Waals surface area contributed by atoms with E-state index < -0.39 is 0 Å². The molecule has 0 saturated heterocycles. The maximum absolute atomic E-state index is 12.7. The monoisotopic (exact) mass is 378 g/mol. The van der Waals surface area contributed by atoms with Gasteiger partial charge in [0.25, 0.3) is 11.8 Å². The number of amides is 2. The van der Waals surface area contributed by atoms with Crippen LogP contribution in [0.25, 0.3) is 0 Å². The third-order valence-corrected chi connectivity index (χ3v) is 3.89. The zero-order valence-corrected chi connectivity index (χ0v) is 15.8. The summed E-state index contributed by atoms with van der Waals surface area (Å²) in [5.74, 6) is 0.647. The van der Waals surface area contributed by atoms with E-state index in [4.69, 9.17) is 9.15 Å². The minimum atomic E-state index is -0.319. The zero-order chi connectivity index (χ0) is 19.9. The summed E-state index contributed by atoms with van der Waals surface area (Å²) in [6.07, 6.45) is 1.56. The van der Waals surface area contributed by atoms with Crippen LogP contribution in [0.1, 0.15) is 40.3 Å². The van der Waals surface area contributed by atoms with Crippen molar-refractivity contribution in [3.05, 3.63) is 83.8 Å². The summed E-state index contributed by atoms with van der Waals surface area (Å²) >= 11 is 0. The van der Waals surface area contributed by atoms with Gasteiger partial charge in [-0.3, -0.25) is 9.59 Å². The Labute approximate surface area is 163 Å². The van der Waals surface area contributed by atoms with Crippen molar-refractivity contribution in [2.75, 3.05) is 5.32 Å². The lowest BCUT2D eigenvalue weighted by atomic mass is 10.1. The van der Waals surface area contributed by atoms with Crippen LogP contribution in [0.2, 0.25) is 0 Å². The average molecular weight is 378 g/mol. The first-order chi connectivity index (χ1) is 13.5. The van der Waals surface area contributed by atoms with E-state index >= 15 is 0 Å². The maximum atomic E-state index is 12.7. The van der Waals surface area contributed by atoms with Gasteiger partial charge in [0.2, 0.25) is 0 Å². The molecule has 0 unspecified atom stereocenters. The third-order valence-electron chi connectivity index (χ3n) is 3.89. The second kappa shape index (κ2) is 8.90. The van der Waals surface area contributed by atoms with Crippen molar-refractivity contribution in [2.45, 2.75) is 26.5 Å². The molecular weight excluding hydrogens is 356 g/mol. The number of para-hydroxylation sites is 1. The standard InChI is InChI=1S/C22H22N2O4/c1-15(2)28-17-8-5-7-16(13-17)21(25)24-20-11-4-3-10-19(20)22(26)23-14-18-9-6-12-27-18/h3-13,15H,14H2,1-2H3,(H,23,26)(H,24,25). The molecule has 0 aliphatic carbocycles. The fraction of sp³-hybridized carbons (Fsp3) is 0.182. The molecule has 0 aliphatic rings. The van der Waals surface area contributed by atoms with E-state index in [1.54, 1.807) is 66.9 Å². The Hall–Kier alpha value is -3.54. The Balaban J connectivity index is 1.72. The summed E-state index contributed by atoms with van der Waals surface area (Å²) < 4.78 is 10.8. The second-order valence-electron chi connectivity index (χ2n) is 6.46. The molecule has 1 heterocycles. The van der Waals surface area contributed by atoms with Crippen LogP contribution in [-0.4, -0.2) is 17.9 Å². The van der Waals surface area contributed by atoms with Crippen molar-refractivity contribution in [1.82, 2.24) is 5.32 Å². The summed E-state index contributed by atoms with van der Waals surface area (Å²) in [7, 11) is 0. The molecule has 6 heteroatoms. The second-order valence-corrected chi connectivity index (χ2v) is 6.46. The number of carbonyl (C=O) groups is 2. The fourth-order valence-corrected chi connectivity index (χ4v) is 2.64. The molecule has 6 nitrogen and oxygen atoms in total. The van der Waals surface area contributed by atoms with E-state index in [1.807, 2.05) is 13.8 Å². The Bertz CT molecular complexity index is 949. The summed E-state index contributed by atoms with van der Waals surface area (Å²) in [5.41, 5.74) is 1.25. The molecule has 0 spiro atoms. The largest absolute Gasteiger partial charge is 0.491 e. The predicted molar refractivity (Wildman–Crippen MR) is 106 cm³/mol. The van der Waals surface area contributed by atoms with E-state index in [9.17, 15) is 9.59 Å². The molecule has 0 atom stereocenters. The SMILES string of the molecule is CC(C)Oc1cccc(C(=O)Nc2ccccc2C(=O)NCc2ccco2)c1. The number of furan rings is 1. The van der Waals surface area contributed by atoms with Gasteiger partial charge in [-0.2, -0.15) is 0 Å². The van der Waals surface area contributed by atoms with E-state index in [1.165, 1.54) is 0 Å². The summed E-state index contributed by atoms with van der Waals surface area (Å²) in [5, 5.41) is 5.58. The number of rotatable bonds is 7. The lowest BCUT2D eigenvalue weighted by Crippen LogP contribution is -2.24. The van der Waals surface area contributed by atoms with Crippen molar-refractivity contribution in [3.8, 4) is 5.75 Å². The van der Waals surface area contributed by atoms with Crippen LogP contribution < -0.4 is 15.4 Å². The lowest BCUT2D eigenvalue weighted by Gasteiger charge is -2.13. The first-order valence-corrected chi connectivity index (χ1v) is 9.00. The molecule has 3 rings (SSSR count). The highest BCUT2D eigenvalue weighted by atomic mass is 16.5. The Morgan fingerprint density at radius 1 is 1.00 bits per heavy atom. The van der Waals surface area contributed by atoms with E-state index in [0.29, 0.717) is 28.3 Å². The fourth-order valence-electron chi connectivity index (χ4n) is 2.64. The summed E-state index contributed by atoms with van der Waals surface area (Å²) in [6.45, 7) is 4.11. The molecule has 144 valence electrons. The van der Waals surface area contributed by atoms with Gasteiger partial charge in [0, 0.05) is 5.56 Å². The Morgan fingerprint density at radius 2 is 1.82 bits per heavy atom. The Kier molecular flexibility index (Phi) is 6.11. The first-order valence-electron chi connectivity index (χ1n) is 9.00. The summed E-state index contributed by atoms with van der Waals surface area (Å²) in [4.78, 5) is 25.2. The van der Waals surface area contributed by atoms with E-state index in [-0.39, 0.29) is 24.5 Å². The van der Waals surface area contributed by atoms with Gasteiger partial charge in [0.05, 0.1) is 30.2 Å². The van der Waals surface area contributed by atoms with Gasteiger partial charge in [-0.15, -0.1) is 0 Å². The smallest absolute Gasteiger partial charge is 0.255 e. The highest BCUT2D eigenvalue weighted by molar-refractivity contribution is 6.09. The van der Waals surface area contributed by atoms with Crippen LogP contribution >= 0.6 is 0 Å². The van der Waals surface area contributed by atoms with Crippen molar-refractivity contribution < 1.29 is 18.7 Å². The molecule has 1 aromatic heterocycles. The minimum absolute atomic E-state index is 0.0110. The highest BCUT2D eigenvalue weighted by Gasteiger charge is 2.15. The topological polar surface area (TPSA) is 80.6 Å². The van der Waals surface area contributed by atoms with Crippen molar-refractivity contribution >= 4 is 17.5 Å². The zero-order valence-electron chi connectivity index (χ0n) is 15.8. The van der Waals surface area contributed by atoms with Crippen LogP contribution in [0, 0.1) is 0 Å². The van der Waals surface area contributed by atoms with Crippen LogP contribution in [0.15, 0.2) is 71.3 Å². The highest BCUT2D eigenvalue weighted by Crippen LogP contribution is 2.19. The number of carbonyl (C=O) groups excluding carboxylic acids is 2. The molecule has 28 heavy (non-hydrogen) atoms. The molecule has 0 saturated carbocycles. The Morgan fingerprint density at radius 3 is 2.57 bits per heavy atom. The van der Waals surface area contributed by atoms with E-state index in [0.717, 1.165) is 0 Å². The lowest BCUT2D eigenvalue weighted by molar-refractivity contribution is 0.0949. The van der Waals surface area contributed by atoms with Crippen LogP contribution in [0.3, 0.4) is 0 Å².